The second kappa shape index (κ2) is 8.43. The van der Waals surface area contributed by atoms with Gasteiger partial charge < -0.3 is 10.0 Å². The van der Waals surface area contributed by atoms with Crippen molar-refractivity contribution >= 4 is 18.0 Å². The molecule has 1 aliphatic rings. The third kappa shape index (κ3) is 4.45. The summed E-state index contributed by atoms with van der Waals surface area (Å²) in [5, 5.41) is 25.8. The number of pyridine rings is 1. The molecule has 0 saturated carbocycles. The smallest absolute Gasteiger partial charge is 0.151 e. The molecule has 1 aliphatic heterocycles. The number of aromatic hydroxyl groups is 1. The van der Waals surface area contributed by atoms with Crippen LogP contribution in [0.4, 0.5) is 5.82 Å². The summed E-state index contributed by atoms with van der Waals surface area (Å²) in [5.74, 6) is 2.34. The molecule has 1 fully saturated rings. The number of aromatic nitrogens is 5. The average Bonchev–Trinajstić information content (AvgIpc) is 3.26. The summed E-state index contributed by atoms with van der Waals surface area (Å²) in [7, 11) is 0. The minimum atomic E-state index is 0.0826. The highest BCUT2D eigenvalue weighted by atomic mass is 16.3. The van der Waals surface area contributed by atoms with Gasteiger partial charge in [-0.05, 0) is 48.4 Å². The molecule has 3 aromatic rings. The van der Waals surface area contributed by atoms with Crippen LogP contribution < -0.4 is 4.90 Å². The molecule has 1 saturated heterocycles. The van der Waals surface area contributed by atoms with Gasteiger partial charge in [-0.2, -0.15) is 5.10 Å². The quantitative estimate of drug-likeness (QED) is 0.684. The second-order valence-corrected chi connectivity index (χ2v) is 7.87. The number of hydrogen-bond acceptors (Lipinski definition) is 6. The number of piperidine rings is 1. The fourth-order valence-corrected chi connectivity index (χ4v) is 3.68. The van der Waals surface area contributed by atoms with E-state index in [0.717, 1.165) is 30.0 Å². The molecule has 150 valence electrons. The zero-order valence-corrected chi connectivity index (χ0v) is 16.8. The van der Waals surface area contributed by atoms with Gasteiger partial charge >= 0.3 is 0 Å². The van der Waals surface area contributed by atoms with Crippen molar-refractivity contribution < 1.29 is 5.11 Å². The van der Waals surface area contributed by atoms with Crippen LogP contribution in [0.5, 0.6) is 5.75 Å². The van der Waals surface area contributed by atoms with Crippen molar-refractivity contribution in [1.82, 2.24) is 25.4 Å². The lowest BCUT2D eigenvalue weighted by atomic mass is 9.88. The Bertz CT molecular complexity index is 965. The molecular weight excluding hydrogens is 364 g/mol. The van der Waals surface area contributed by atoms with Crippen LogP contribution in [0.25, 0.3) is 23.5 Å². The number of nitrogens with one attached hydrogen (secondary N) is 1. The molecule has 0 spiro atoms. The molecule has 4 rings (SSSR count). The minimum Gasteiger partial charge on any atom is -0.506 e. The first-order valence-electron chi connectivity index (χ1n) is 10.0. The molecular formula is C22H26N6O. The van der Waals surface area contributed by atoms with E-state index in [0.29, 0.717) is 23.2 Å². The van der Waals surface area contributed by atoms with Crippen LogP contribution in [-0.4, -0.2) is 43.6 Å². The van der Waals surface area contributed by atoms with Crippen LogP contribution in [0.2, 0.25) is 0 Å². The lowest BCUT2D eigenvalue weighted by molar-refractivity contribution is 0.320. The van der Waals surface area contributed by atoms with Gasteiger partial charge in [-0.1, -0.05) is 26.0 Å². The predicted molar refractivity (Wildman–Crippen MR) is 114 cm³/mol. The summed E-state index contributed by atoms with van der Waals surface area (Å²) in [5.41, 5.74) is 2.75. The molecule has 1 atom stereocenters. The van der Waals surface area contributed by atoms with Gasteiger partial charge in [0.05, 0.1) is 6.20 Å². The first-order chi connectivity index (χ1) is 14.1. The molecule has 7 heteroatoms. The zero-order valence-electron chi connectivity index (χ0n) is 16.8. The van der Waals surface area contributed by atoms with Crippen LogP contribution in [0.15, 0.2) is 36.8 Å². The fourth-order valence-electron chi connectivity index (χ4n) is 3.68. The molecule has 4 heterocycles. The molecule has 0 bridgehead atoms. The third-order valence-corrected chi connectivity index (χ3v) is 5.49. The molecule has 3 aromatic heterocycles. The van der Waals surface area contributed by atoms with Crippen molar-refractivity contribution in [1.29, 1.82) is 0 Å². The summed E-state index contributed by atoms with van der Waals surface area (Å²) in [6.45, 7) is 6.60. The van der Waals surface area contributed by atoms with Crippen molar-refractivity contribution in [2.75, 3.05) is 18.0 Å². The number of hydrogen-bond donors (Lipinski definition) is 2. The number of H-pyrrole nitrogens is 1. The van der Waals surface area contributed by atoms with Crippen molar-refractivity contribution in [3.05, 3.63) is 47.9 Å². The fraction of sp³-hybridized carbons (Fsp3) is 0.364. The number of anilines is 1. The van der Waals surface area contributed by atoms with Gasteiger partial charge in [-0.15, -0.1) is 10.2 Å². The largest absolute Gasteiger partial charge is 0.506 e. The Labute approximate surface area is 170 Å². The van der Waals surface area contributed by atoms with Gasteiger partial charge in [0.25, 0.3) is 0 Å². The molecule has 0 amide bonds. The highest BCUT2D eigenvalue weighted by molar-refractivity contribution is 5.71. The number of rotatable bonds is 5. The molecule has 0 aliphatic carbocycles. The van der Waals surface area contributed by atoms with E-state index in [1.165, 1.54) is 12.8 Å². The van der Waals surface area contributed by atoms with E-state index < -0.39 is 0 Å². The van der Waals surface area contributed by atoms with Gasteiger partial charge in [-0.3, -0.25) is 5.10 Å². The van der Waals surface area contributed by atoms with Gasteiger partial charge in [0.2, 0.25) is 0 Å². The van der Waals surface area contributed by atoms with E-state index in [-0.39, 0.29) is 5.75 Å². The van der Waals surface area contributed by atoms with Crippen LogP contribution in [0, 0.1) is 11.8 Å². The van der Waals surface area contributed by atoms with E-state index in [1.54, 1.807) is 24.7 Å². The molecule has 29 heavy (non-hydrogen) atoms. The lowest BCUT2D eigenvalue weighted by Crippen LogP contribution is -2.37. The van der Waals surface area contributed by atoms with Crippen molar-refractivity contribution in [2.45, 2.75) is 26.7 Å². The maximum atomic E-state index is 10.4. The molecule has 1 unspecified atom stereocenters. The molecule has 0 aromatic carbocycles. The standard InChI is InChI=1S/C22H26N6O/c1-15(2)18-4-3-9-28(14-18)21-8-7-19(26-27-21)22-20(29)10-16(11-23-22)5-6-17-12-24-25-13-17/h5-8,10-13,15,18,29H,3-4,9,14H2,1-2H3,(H,24,25)/b6-5+. The van der Waals surface area contributed by atoms with Crippen molar-refractivity contribution in [3.63, 3.8) is 0 Å². The zero-order chi connectivity index (χ0) is 20.2. The topological polar surface area (TPSA) is 90.8 Å². The van der Waals surface area contributed by atoms with Crippen molar-refractivity contribution in [3.8, 4) is 17.1 Å². The van der Waals surface area contributed by atoms with Crippen LogP contribution in [-0.2, 0) is 0 Å². The number of aromatic amines is 1. The van der Waals surface area contributed by atoms with E-state index >= 15 is 0 Å². The summed E-state index contributed by atoms with van der Waals surface area (Å²) < 4.78 is 0. The lowest BCUT2D eigenvalue weighted by Gasteiger charge is -2.35. The van der Waals surface area contributed by atoms with Gasteiger partial charge in [0.1, 0.15) is 17.1 Å². The van der Waals surface area contributed by atoms with Crippen molar-refractivity contribution in [2.24, 2.45) is 11.8 Å². The van der Waals surface area contributed by atoms with Gasteiger partial charge in [0, 0.05) is 31.0 Å². The molecule has 7 nitrogen and oxygen atoms in total. The summed E-state index contributed by atoms with van der Waals surface area (Å²) in [6, 6.07) is 5.52. The Morgan fingerprint density at radius 1 is 1.17 bits per heavy atom. The highest BCUT2D eigenvalue weighted by Crippen LogP contribution is 2.29. The first-order valence-corrected chi connectivity index (χ1v) is 10.0. The average molecular weight is 390 g/mol. The van der Waals surface area contributed by atoms with E-state index in [9.17, 15) is 5.11 Å². The first kappa shape index (κ1) is 19.1. The maximum absolute atomic E-state index is 10.4. The summed E-state index contributed by atoms with van der Waals surface area (Å²) in [4.78, 5) is 6.69. The van der Waals surface area contributed by atoms with Crippen LogP contribution >= 0.6 is 0 Å². The monoisotopic (exact) mass is 390 g/mol. The molecule has 0 radical (unpaired) electrons. The van der Waals surface area contributed by atoms with Gasteiger partial charge in [0.15, 0.2) is 5.82 Å². The SMILES string of the molecule is CC(C)C1CCCN(c2ccc(-c3ncc(/C=C/c4cn[nH]c4)cc3O)nn2)C1. The van der Waals surface area contributed by atoms with Crippen LogP contribution in [0.3, 0.4) is 0 Å². The minimum absolute atomic E-state index is 0.0826. The molecule has 2 N–H and O–H groups in total. The Kier molecular flexibility index (Phi) is 5.55. The maximum Gasteiger partial charge on any atom is 0.151 e. The van der Waals surface area contributed by atoms with Crippen LogP contribution in [0.1, 0.15) is 37.8 Å². The Morgan fingerprint density at radius 3 is 2.72 bits per heavy atom. The summed E-state index contributed by atoms with van der Waals surface area (Å²) >= 11 is 0. The number of nitrogens with zero attached hydrogens (tertiary/aromatic N) is 5. The van der Waals surface area contributed by atoms with E-state index in [4.69, 9.17) is 0 Å². The Morgan fingerprint density at radius 2 is 2.03 bits per heavy atom. The Hall–Kier alpha value is -3.22. The normalized spacial score (nSPS) is 17.3. The van der Waals surface area contributed by atoms with Gasteiger partial charge in [-0.25, -0.2) is 4.98 Å². The van der Waals surface area contributed by atoms with E-state index in [2.05, 4.69) is 44.1 Å². The Balaban J connectivity index is 1.48. The second-order valence-electron chi connectivity index (χ2n) is 7.87. The van der Waals surface area contributed by atoms with E-state index in [1.807, 2.05) is 24.3 Å². The summed E-state index contributed by atoms with van der Waals surface area (Å²) in [6.07, 6.45) is 11.5. The third-order valence-electron chi connectivity index (χ3n) is 5.49. The predicted octanol–water partition coefficient (Wildman–Crippen LogP) is 4.01. The highest BCUT2D eigenvalue weighted by Gasteiger charge is 2.23.